The fourth-order valence-corrected chi connectivity index (χ4v) is 2.70. The summed E-state index contributed by atoms with van der Waals surface area (Å²) in [4.78, 5) is 16.7. The smallest absolute Gasteiger partial charge is 0.236 e. The maximum atomic E-state index is 11.4. The molecule has 0 saturated heterocycles. The fraction of sp³-hybridized carbons (Fsp3) is 0.417. The topological polar surface area (TPSA) is 68.0 Å². The molecule has 0 aliphatic rings. The molecule has 0 atom stereocenters. The Morgan fingerprint density at radius 1 is 1.58 bits per heavy atom. The van der Waals surface area contributed by atoms with Gasteiger partial charge in [-0.3, -0.25) is 4.79 Å². The number of nitrogens with one attached hydrogen (secondary N) is 1. The first kappa shape index (κ1) is 14.1. The summed E-state index contributed by atoms with van der Waals surface area (Å²) < 4.78 is 5.14. The van der Waals surface area contributed by atoms with Crippen molar-refractivity contribution in [1.82, 2.24) is 15.5 Å². The van der Waals surface area contributed by atoms with Crippen LogP contribution in [0.4, 0.5) is 0 Å². The molecule has 0 fully saturated rings. The van der Waals surface area contributed by atoms with Crippen molar-refractivity contribution in [1.29, 1.82) is 0 Å². The van der Waals surface area contributed by atoms with Gasteiger partial charge in [0, 0.05) is 6.54 Å². The van der Waals surface area contributed by atoms with Crippen molar-refractivity contribution in [2.24, 2.45) is 0 Å². The quantitative estimate of drug-likeness (QED) is 0.850. The molecule has 0 spiro atoms. The maximum absolute atomic E-state index is 11.4. The molecule has 2 aromatic heterocycles. The van der Waals surface area contributed by atoms with E-state index < -0.39 is 0 Å². The highest BCUT2D eigenvalue weighted by atomic mass is 32.2. The van der Waals surface area contributed by atoms with Crippen molar-refractivity contribution < 1.29 is 9.32 Å². The van der Waals surface area contributed by atoms with E-state index in [-0.39, 0.29) is 5.91 Å². The molecule has 102 valence electrons. The molecular weight excluding hydrogens is 282 g/mol. The summed E-state index contributed by atoms with van der Waals surface area (Å²) in [6.07, 6.45) is 0.949. The normalized spacial score (nSPS) is 10.6. The van der Waals surface area contributed by atoms with Crippen LogP contribution >= 0.6 is 23.1 Å². The van der Waals surface area contributed by atoms with Crippen LogP contribution in [-0.2, 0) is 10.5 Å². The minimum Gasteiger partial charge on any atom is -0.355 e. The molecule has 2 heterocycles. The second-order valence-corrected chi connectivity index (χ2v) is 5.77. The van der Waals surface area contributed by atoms with E-state index in [0.29, 0.717) is 23.2 Å². The van der Waals surface area contributed by atoms with Gasteiger partial charge in [0.1, 0.15) is 0 Å². The summed E-state index contributed by atoms with van der Waals surface area (Å²) >= 11 is 3.04. The average molecular weight is 297 g/mol. The number of hydrogen-bond acceptors (Lipinski definition) is 6. The second kappa shape index (κ2) is 7.30. The van der Waals surface area contributed by atoms with Crippen LogP contribution in [-0.4, -0.2) is 28.3 Å². The van der Waals surface area contributed by atoms with Gasteiger partial charge >= 0.3 is 0 Å². The molecule has 5 nitrogen and oxygen atoms in total. The molecule has 0 aliphatic carbocycles. The van der Waals surface area contributed by atoms with Gasteiger partial charge in [-0.15, -0.1) is 23.1 Å². The average Bonchev–Trinajstić information content (AvgIpc) is 3.06. The van der Waals surface area contributed by atoms with Crippen LogP contribution in [0.2, 0.25) is 0 Å². The summed E-state index contributed by atoms with van der Waals surface area (Å²) in [5.41, 5.74) is 0. The number of carbonyl (C=O) groups is 1. The van der Waals surface area contributed by atoms with Crippen LogP contribution in [0.15, 0.2) is 22.0 Å². The summed E-state index contributed by atoms with van der Waals surface area (Å²) in [5.74, 6) is 2.18. The number of carbonyl (C=O) groups excluding carboxylic acids is 1. The zero-order valence-corrected chi connectivity index (χ0v) is 12.2. The Morgan fingerprint density at radius 2 is 2.47 bits per heavy atom. The first-order chi connectivity index (χ1) is 9.29. The number of rotatable bonds is 7. The van der Waals surface area contributed by atoms with Gasteiger partial charge in [-0.2, -0.15) is 4.98 Å². The SMILES string of the molecule is CCCNC(=O)CSCc1nc(-c2cccs2)no1. The Kier molecular flexibility index (Phi) is 5.41. The summed E-state index contributed by atoms with van der Waals surface area (Å²) in [5, 5.41) is 8.71. The first-order valence-electron chi connectivity index (χ1n) is 6.00. The Labute approximate surface area is 119 Å². The first-order valence-corrected chi connectivity index (χ1v) is 8.04. The lowest BCUT2D eigenvalue weighted by molar-refractivity contribution is -0.118. The van der Waals surface area contributed by atoms with Gasteiger partial charge in [0.15, 0.2) is 0 Å². The standard InChI is InChI=1S/C12H15N3O2S2/c1-2-5-13-10(16)7-18-8-11-14-12(15-17-11)9-4-3-6-19-9/h3-4,6H,2,5,7-8H2,1H3,(H,13,16). The van der Waals surface area contributed by atoms with Crippen LogP contribution in [0.3, 0.4) is 0 Å². The Bertz CT molecular complexity index is 511. The molecule has 0 aromatic carbocycles. The van der Waals surface area contributed by atoms with E-state index in [2.05, 4.69) is 15.5 Å². The van der Waals surface area contributed by atoms with E-state index >= 15 is 0 Å². The zero-order valence-electron chi connectivity index (χ0n) is 10.6. The zero-order chi connectivity index (χ0) is 13.5. The molecule has 0 radical (unpaired) electrons. The third-order valence-electron chi connectivity index (χ3n) is 2.24. The third kappa shape index (κ3) is 4.36. The number of thioether (sulfide) groups is 1. The second-order valence-electron chi connectivity index (χ2n) is 3.83. The number of thiophene rings is 1. The van der Waals surface area contributed by atoms with Crippen LogP contribution < -0.4 is 5.32 Å². The van der Waals surface area contributed by atoms with Crippen molar-refractivity contribution in [2.45, 2.75) is 19.1 Å². The van der Waals surface area contributed by atoms with Gasteiger partial charge in [-0.1, -0.05) is 18.1 Å². The highest BCUT2D eigenvalue weighted by molar-refractivity contribution is 7.99. The number of amides is 1. The van der Waals surface area contributed by atoms with Crippen molar-refractivity contribution in [2.75, 3.05) is 12.3 Å². The molecule has 1 N–H and O–H groups in total. The van der Waals surface area contributed by atoms with Crippen molar-refractivity contribution >= 4 is 29.0 Å². The number of nitrogens with zero attached hydrogens (tertiary/aromatic N) is 2. The Hall–Kier alpha value is -1.34. The molecule has 2 rings (SSSR count). The maximum Gasteiger partial charge on any atom is 0.236 e. The largest absolute Gasteiger partial charge is 0.355 e. The lowest BCUT2D eigenvalue weighted by Crippen LogP contribution is -2.25. The molecule has 0 bridgehead atoms. The lowest BCUT2D eigenvalue weighted by Gasteiger charge is -2.01. The van der Waals surface area contributed by atoms with Gasteiger partial charge in [-0.25, -0.2) is 0 Å². The molecule has 2 aromatic rings. The summed E-state index contributed by atoms with van der Waals surface area (Å²) in [6, 6.07) is 3.90. The number of aromatic nitrogens is 2. The van der Waals surface area contributed by atoms with E-state index in [4.69, 9.17) is 4.52 Å². The Balaban J connectivity index is 1.76. The van der Waals surface area contributed by atoms with Gasteiger partial charge in [0.25, 0.3) is 0 Å². The predicted octanol–water partition coefficient (Wildman–Crippen LogP) is 2.56. The molecule has 7 heteroatoms. The predicted molar refractivity (Wildman–Crippen MR) is 77.1 cm³/mol. The molecule has 19 heavy (non-hydrogen) atoms. The molecule has 0 aliphatic heterocycles. The summed E-state index contributed by atoms with van der Waals surface area (Å²) in [7, 11) is 0. The molecule has 1 amide bonds. The van der Waals surface area contributed by atoms with E-state index in [1.54, 1.807) is 11.3 Å². The van der Waals surface area contributed by atoms with Gasteiger partial charge in [0.2, 0.25) is 17.6 Å². The van der Waals surface area contributed by atoms with Gasteiger partial charge in [0.05, 0.1) is 16.4 Å². The minimum absolute atomic E-state index is 0.0462. The minimum atomic E-state index is 0.0462. The van der Waals surface area contributed by atoms with Crippen molar-refractivity contribution in [3.63, 3.8) is 0 Å². The van der Waals surface area contributed by atoms with Gasteiger partial charge < -0.3 is 9.84 Å². The van der Waals surface area contributed by atoms with Crippen molar-refractivity contribution in [3.05, 3.63) is 23.4 Å². The summed E-state index contributed by atoms with van der Waals surface area (Å²) in [6.45, 7) is 2.75. The highest BCUT2D eigenvalue weighted by Gasteiger charge is 2.10. The molecule has 0 saturated carbocycles. The highest BCUT2D eigenvalue weighted by Crippen LogP contribution is 2.22. The van der Waals surface area contributed by atoms with E-state index in [0.717, 1.165) is 17.8 Å². The van der Waals surface area contributed by atoms with Crippen molar-refractivity contribution in [3.8, 4) is 10.7 Å². The van der Waals surface area contributed by atoms with Crippen LogP contribution in [0.25, 0.3) is 10.7 Å². The molecule has 0 unspecified atom stereocenters. The van der Waals surface area contributed by atoms with Crippen LogP contribution in [0.1, 0.15) is 19.2 Å². The Morgan fingerprint density at radius 3 is 3.21 bits per heavy atom. The fourth-order valence-electron chi connectivity index (χ4n) is 1.37. The third-order valence-corrected chi connectivity index (χ3v) is 4.02. The van der Waals surface area contributed by atoms with E-state index in [1.165, 1.54) is 11.8 Å². The van der Waals surface area contributed by atoms with Crippen LogP contribution in [0, 0.1) is 0 Å². The van der Waals surface area contributed by atoms with E-state index in [1.807, 2.05) is 24.4 Å². The van der Waals surface area contributed by atoms with E-state index in [9.17, 15) is 4.79 Å². The lowest BCUT2D eigenvalue weighted by atomic mass is 10.4. The molecular formula is C12H15N3O2S2. The van der Waals surface area contributed by atoms with Gasteiger partial charge in [-0.05, 0) is 17.9 Å². The number of hydrogen-bond donors (Lipinski definition) is 1. The van der Waals surface area contributed by atoms with Crippen LogP contribution in [0.5, 0.6) is 0 Å². The monoisotopic (exact) mass is 297 g/mol.